The third-order valence-electron chi connectivity index (χ3n) is 4.31. The molecule has 3 heterocycles. The van der Waals surface area contributed by atoms with E-state index in [1.807, 2.05) is 12.3 Å². The lowest BCUT2D eigenvalue weighted by atomic mass is 10.0. The van der Waals surface area contributed by atoms with E-state index in [2.05, 4.69) is 16.0 Å². The fourth-order valence-corrected chi connectivity index (χ4v) is 3.21. The molecule has 0 aromatic carbocycles. The van der Waals surface area contributed by atoms with Gasteiger partial charge in [-0.05, 0) is 36.8 Å². The van der Waals surface area contributed by atoms with Crippen molar-refractivity contribution >= 4 is 0 Å². The first-order valence-electron chi connectivity index (χ1n) is 7.21. The van der Waals surface area contributed by atoms with Gasteiger partial charge in [-0.1, -0.05) is 6.07 Å². The van der Waals surface area contributed by atoms with Gasteiger partial charge in [0.2, 0.25) is 0 Å². The largest absolute Gasteiger partial charge is 0.391 e. The van der Waals surface area contributed by atoms with E-state index in [9.17, 15) is 5.11 Å². The van der Waals surface area contributed by atoms with Gasteiger partial charge in [-0.2, -0.15) is 0 Å². The summed E-state index contributed by atoms with van der Waals surface area (Å²) in [5.41, 5.74) is 1.21. The molecule has 1 aromatic heterocycles. The van der Waals surface area contributed by atoms with Gasteiger partial charge in [0.05, 0.1) is 12.7 Å². The minimum Gasteiger partial charge on any atom is -0.391 e. The van der Waals surface area contributed by atoms with Gasteiger partial charge in [0.1, 0.15) is 0 Å². The van der Waals surface area contributed by atoms with Crippen LogP contribution >= 0.6 is 0 Å². The zero-order valence-corrected chi connectivity index (χ0v) is 11.2. The van der Waals surface area contributed by atoms with Gasteiger partial charge in [0, 0.05) is 38.1 Å². The number of pyridine rings is 1. The Labute approximate surface area is 114 Å². The number of aliphatic hydroxyl groups is 1. The predicted octanol–water partition coefficient (Wildman–Crippen LogP) is 1.10. The zero-order valence-electron chi connectivity index (χ0n) is 11.2. The molecule has 3 rings (SSSR count). The predicted molar refractivity (Wildman–Crippen MR) is 72.9 cm³/mol. The lowest BCUT2D eigenvalue weighted by Gasteiger charge is -2.28. The molecule has 3 atom stereocenters. The Morgan fingerprint density at radius 2 is 2.37 bits per heavy atom. The number of ether oxygens (including phenoxy) is 1. The van der Waals surface area contributed by atoms with Gasteiger partial charge in [0.25, 0.3) is 0 Å². The van der Waals surface area contributed by atoms with Gasteiger partial charge in [-0.25, -0.2) is 0 Å². The molecule has 1 aromatic rings. The topological polar surface area (TPSA) is 45.6 Å². The van der Waals surface area contributed by atoms with E-state index in [0.717, 1.165) is 45.6 Å². The van der Waals surface area contributed by atoms with Crippen LogP contribution in [0.15, 0.2) is 24.5 Å². The van der Waals surface area contributed by atoms with E-state index >= 15 is 0 Å². The van der Waals surface area contributed by atoms with Gasteiger partial charge in [-0.15, -0.1) is 0 Å². The molecule has 0 saturated carbocycles. The van der Waals surface area contributed by atoms with E-state index in [4.69, 9.17) is 4.74 Å². The molecule has 2 aliphatic rings. The molecule has 2 fully saturated rings. The third-order valence-corrected chi connectivity index (χ3v) is 4.31. The SMILES string of the molecule is O[C@H]1CCN(CC2CCOC2)[C@H]1Cc1cccnc1. The number of aromatic nitrogens is 1. The molecule has 1 unspecified atom stereocenters. The highest BCUT2D eigenvalue weighted by atomic mass is 16.5. The van der Waals surface area contributed by atoms with Crippen molar-refractivity contribution in [2.24, 2.45) is 5.92 Å². The number of rotatable bonds is 4. The van der Waals surface area contributed by atoms with Gasteiger partial charge in [-0.3, -0.25) is 9.88 Å². The van der Waals surface area contributed by atoms with Crippen LogP contribution in [0.1, 0.15) is 18.4 Å². The van der Waals surface area contributed by atoms with Crippen LogP contribution in [0.2, 0.25) is 0 Å². The monoisotopic (exact) mass is 262 g/mol. The summed E-state index contributed by atoms with van der Waals surface area (Å²) >= 11 is 0. The fraction of sp³-hybridized carbons (Fsp3) is 0.667. The number of nitrogens with zero attached hydrogens (tertiary/aromatic N) is 2. The van der Waals surface area contributed by atoms with Crippen molar-refractivity contribution in [3.05, 3.63) is 30.1 Å². The van der Waals surface area contributed by atoms with E-state index in [1.54, 1.807) is 6.20 Å². The lowest BCUT2D eigenvalue weighted by Crippen LogP contribution is -2.40. The van der Waals surface area contributed by atoms with Crippen molar-refractivity contribution in [3.8, 4) is 0 Å². The first-order chi connectivity index (χ1) is 9.33. The Bertz CT molecular complexity index is 392. The molecular weight excluding hydrogens is 240 g/mol. The molecule has 19 heavy (non-hydrogen) atoms. The Balaban J connectivity index is 1.63. The molecule has 0 bridgehead atoms. The summed E-state index contributed by atoms with van der Waals surface area (Å²) in [6, 6.07) is 4.30. The van der Waals surface area contributed by atoms with E-state index in [-0.39, 0.29) is 12.1 Å². The van der Waals surface area contributed by atoms with Crippen LogP contribution in [0.3, 0.4) is 0 Å². The first-order valence-corrected chi connectivity index (χ1v) is 7.21. The van der Waals surface area contributed by atoms with Crippen LogP contribution in [-0.4, -0.2) is 53.4 Å². The van der Waals surface area contributed by atoms with Crippen LogP contribution in [-0.2, 0) is 11.2 Å². The molecule has 0 radical (unpaired) electrons. The minimum atomic E-state index is -0.206. The molecule has 0 spiro atoms. The van der Waals surface area contributed by atoms with Crippen molar-refractivity contribution in [2.75, 3.05) is 26.3 Å². The minimum absolute atomic E-state index is 0.206. The number of aliphatic hydroxyl groups excluding tert-OH is 1. The third kappa shape index (κ3) is 3.14. The molecule has 4 heteroatoms. The second-order valence-electron chi connectivity index (χ2n) is 5.71. The summed E-state index contributed by atoms with van der Waals surface area (Å²) in [6.45, 7) is 3.84. The molecule has 1 N–H and O–H groups in total. The average molecular weight is 262 g/mol. The maximum Gasteiger partial charge on any atom is 0.0710 e. The van der Waals surface area contributed by atoms with Gasteiger partial charge >= 0.3 is 0 Å². The Hall–Kier alpha value is -0.970. The molecule has 0 amide bonds. The van der Waals surface area contributed by atoms with Crippen molar-refractivity contribution in [1.29, 1.82) is 0 Å². The van der Waals surface area contributed by atoms with E-state index in [0.29, 0.717) is 5.92 Å². The number of hydrogen-bond donors (Lipinski definition) is 1. The molecular formula is C15H22N2O2. The summed E-state index contributed by atoms with van der Waals surface area (Å²) in [5, 5.41) is 10.2. The molecule has 4 nitrogen and oxygen atoms in total. The Kier molecular flexibility index (Phi) is 4.11. The smallest absolute Gasteiger partial charge is 0.0710 e. The zero-order chi connectivity index (χ0) is 13.1. The summed E-state index contributed by atoms with van der Waals surface area (Å²) in [4.78, 5) is 6.60. The van der Waals surface area contributed by atoms with E-state index in [1.165, 1.54) is 5.56 Å². The van der Waals surface area contributed by atoms with Crippen molar-refractivity contribution < 1.29 is 9.84 Å². The standard InChI is InChI=1S/C15H22N2O2/c18-15-3-6-17(10-13-4-7-19-11-13)14(15)8-12-2-1-5-16-9-12/h1-2,5,9,13-15,18H,3-4,6-8,10-11H2/t13?,14-,15-/m0/s1. The first kappa shape index (κ1) is 13.0. The van der Waals surface area contributed by atoms with Crippen molar-refractivity contribution in [1.82, 2.24) is 9.88 Å². The Morgan fingerprint density at radius 3 is 3.11 bits per heavy atom. The van der Waals surface area contributed by atoms with Crippen LogP contribution in [0.5, 0.6) is 0 Å². The fourth-order valence-electron chi connectivity index (χ4n) is 3.21. The lowest BCUT2D eigenvalue weighted by molar-refractivity contribution is 0.103. The van der Waals surface area contributed by atoms with Crippen LogP contribution < -0.4 is 0 Å². The Morgan fingerprint density at radius 1 is 1.42 bits per heavy atom. The molecule has 2 saturated heterocycles. The highest BCUT2D eigenvalue weighted by Gasteiger charge is 2.34. The van der Waals surface area contributed by atoms with E-state index < -0.39 is 0 Å². The van der Waals surface area contributed by atoms with Crippen molar-refractivity contribution in [2.45, 2.75) is 31.4 Å². The second-order valence-corrected chi connectivity index (χ2v) is 5.71. The summed E-state index contributed by atoms with van der Waals surface area (Å²) in [5.74, 6) is 0.640. The van der Waals surface area contributed by atoms with Crippen LogP contribution in [0.4, 0.5) is 0 Å². The molecule has 2 aliphatic heterocycles. The number of likely N-dealkylation sites (tertiary alicyclic amines) is 1. The molecule has 0 aliphatic carbocycles. The quantitative estimate of drug-likeness (QED) is 0.882. The highest BCUT2D eigenvalue weighted by molar-refractivity contribution is 5.11. The van der Waals surface area contributed by atoms with Gasteiger partial charge in [0.15, 0.2) is 0 Å². The van der Waals surface area contributed by atoms with Gasteiger partial charge < -0.3 is 9.84 Å². The normalized spacial score (nSPS) is 31.9. The summed E-state index contributed by atoms with van der Waals surface area (Å²) in [7, 11) is 0. The molecule has 104 valence electrons. The van der Waals surface area contributed by atoms with Crippen LogP contribution in [0, 0.1) is 5.92 Å². The van der Waals surface area contributed by atoms with Crippen molar-refractivity contribution in [3.63, 3.8) is 0 Å². The average Bonchev–Trinajstić information content (AvgIpc) is 3.05. The second kappa shape index (κ2) is 5.99. The summed E-state index contributed by atoms with van der Waals surface area (Å²) < 4.78 is 5.45. The number of hydrogen-bond acceptors (Lipinski definition) is 4. The highest BCUT2D eigenvalue weighted by Crippen LogP contribution is 2.24. The maximum atomic E-state index is 10.2. The summed E-state index contributed by atoms with van der Waals surface area (Å²) in [6.07, 6.45) is 6.43. The van der Waals surface area contributed by atoms with Crippen LogP contribution in [0.25, 0.3) is 0 Å². The maximum absolute atomic E-state index is 10.2.